The third kappa shape index (κ3) is 2.00. The van der Waals surface area contributed by atoms with Gasteiger partial charge in [0.1, 0.15) is 6.07 Å². The Morgan fingerprint density at radius 2 is 2.44 bits per heavy atom. The Morgan fingerprint density at radius 3 is 3.12 bits per heavy atom. The van der Waals surface area contributed by atoms with E-state index >= 15 is 0 Å². The number of rotatable bonds is 1. The minimum Gasteiger partial charge on any atom is -0.369 e. The van der Waals surface area contributed by atoms with Crippen molar-refractivity contribution in [3.63, 3.8) is 0 Å². The molecule has 1 saturated heterocycles. The summed E-state index contributed by atoms with van der Waals surface area (Å²) in [6, 6.07) is 6.24. The Labute approximate surface area is 95.7 Å². The fourth-order valence-corrected chi connectivity index (χ4v) is 2.12. The highest BCUT2D eigenvalue weighted by Crippen LogP contribution is 2.24. The van der Waals surface area contributed by atoms with E-state index in [-0.39, 0.29) is 6.04 Å². The van der Waals surface area contributed by atoms with Gasteiger partial charge in [0.25, 0.3) is 0 Å². The summed E-state index contributed by atoms with van der Waals surface area (Å²) in [6.07, 6.45) is 2.63. The summed E-state index contributed by atoms with van der Waals surface area (Å²) < 4.78 is 0. The molecule has 1 aromatic rings. The molecule has 2 heterocycles. The van der Waals surface area contributed by atoms with E-state index < -0.39 is 0 Å². The predicted molar refractivity (Wildman–Crippen MR) is 62.9 cm³/mol. The lowest BCUT2D eigenvalue weighted by Crippen LogP contribution is -2.46. The number of nitriles is 1. The molecule has 0 bridgehead atoms. The van der Waals surface area contributed by atoms with Gasteiger partial charge in [0.15, 0.2) is 5.69 Å². The topological polar surface area (TPSA) is 65.9 Å². The maximum atomic E-state index is 9.00. The maximum Gasteiger partial charge on any atom is 0.163 e. The monoisotopic (exact) mass is 216 g/mol. The van der Waals surface area contributed by atoms with E-state index in [1.54, 1.807) is 6.20 Å². The number of hydrogen-bond acceptors (Lipinski definition) is 4. The first-order valence-corrected chi connectivity index (χ1v) is 5.58. The number of nitrogens with zero attached hydrogens (tertiary/aromatic N) is 3. The Kier molecular flexibility index (Phi) is 3.07. The van der Waals surface area contributed by atoms with Crippen LogP contribution in [-0.2, 0) is 0 Å². The van der Waals surface area contributed by atoms with Gasteiger partial charge in [0, 0.05) is 25.3 Å². The van der Waals surface area contributed by atoms with E-state index in [2.05, 4.69) is 22.9 Å². The summed E-state index contributed by atoms with van der Waals surface area (Å²) in [5.41, 5.74) is 7.42. The lowest BCUT2D eigenvalue weighted by Gasteiger charge is -2.36. The summed E-state index contributed by atoms with van der Waals surface area (Å²) in [7, 11) is 0. The van der Waals surface area contributed by atoms with Gasteiger partial charge in [-0.15, -0.1) is 0 Å². The molecule has 2 unspecified atom stereocenters. The van der Waals surface area contributed by atoms with E-state index in [0.29, 0.717) is 11.6 Å². The summed E-state index contributed by atoms with van der Waals surface area (Å²) >= 11 is 0. The van der Waals surface area contributed by atoms with E-state index in [4.69, 9.17) is 11.0 Å². The van der Waals surface area contributed by atoms with Gasteiger partial charge in [0.2, 0.25) is 0 Å². The van der Waals surface area contributed by atoms with Crippen LogP contribution >= 0.6 is 0 Å². The van der Waals surface area contributed by atoms with Gasteiger partial charge in [0.05, 0.1) is 5.69 Å². The predicted octanol–water partition coefficient (Wildman–Crippen LogP) is 1.13. The van der Waals surface area contributed by atoms with Crippen molar-refractivity contribution in [2.45, 2.75) is 19.4 Å². The van der Waals surface area contributed by atoms with Crippen LogP contribution in [0.2, 0.25) is 0 Å². The lowest BCUT2D eigenvalue weighted by atomic mass is 9.94. The smallest absolute Gasteiger partial charge is 0.163 e. The second kappa shape index (κ2) is 4.50. The molecule has 0 radical (unpaired) electrons. The van der Waals surface area contributed by atoms with Crippen molar-refractivity contribution in [2.24, 2.45) is 11.7 Å². The van der Waals surface area contributed by atoms with Crippen LogP contribution in [0.5, 0.6) is 0 Å². The standard InChI is InChI=1S/C12H16N4/c1-9-8-16(6-4-10(9)14)12-3-2-5-15-11(12)7-13/h2-3,5,9-10H,4,6,8,14H2,1H3. The van der Waals surface area contributed by atoms with E-state index in [0.717, 1.165) is 25.2 Å². The van der Waals surface area contributed by atoms with E-state index in [1.807, 2.05) is 12.1 Å². The first kappa shape index (κ1) is 10.9. The van der Waals surface area contributed by atoms with Crippen LogP contribution in [0.25, 0.3) is 0 Å². The molecule has 16 heavy (non-hydrogen) atoms. The molecule has 0 spiro atoms. The van der Waals surface area contributed by atoms with Crippen LogP contribution in [0.1, 0.15) is 19.0 Å². The lowest BCUT2D eigenvalue weighted by molar-refractivity contribution is 0.382. The van der Waals surface area contributed by atoms with Crippen LogP contribution in [0.3, 0.4) is 0 Å². The van der Waals surface area contributed by atoms with Gasteiger partial charge in [-0.2, -0.15) is 5.26 Å². The molecule has 1 aromatic heterocycles. The van der Waals surface area contributed by atoms with Gasteiger partial charge in [-0.05, 0) is 24.5 Å². The van der Waals surface area contributed by atoms with Gasteiger partial charge in [-0.25, -0.2) is 4.98 Å². The van der Waals surface area contributed by atoms with E-state index in [9.17, 15) is 0 Å². The zero-order valence-corrected chi connectivity index (χ0v) is 9.43. The van der Waals surface area contributed by atoms with Gasteiger partial charge >= 0.3 is 0 Å². The molecule has 84 valence electrons. The summed E-state index contributed by atoms with van der Waals surface area (Å²) in [6.45, 7) is 3.96. The zero-order chi connectivity index (χ0) is 11.5. The molecule has 0 aromatic carbocycles. The maximum absolute atomic E-state index is 9.00. The van der Waals surface area contributed by atoms with Crippen molar-refractivity contribution in [1.82, 2.24) is 4.98 Å². The number of nitrogens with two attached hydrogens (primary N) is 1. The van der Waals surface area contributed by atoms with Crippen molar-refractivity contribution in [3.05, 3.63) is 24.0 Å². The minimum atomic E-state index is 0.276. The first-order valence-electron chi connectivity index (χ1n) is 5.58. The molecule has 0 aliphatic carbocycles. The highest BCUT2D eigenvalue weighted by Gasteiger charge is 2.24. The van der Waals surface area contributed by atoms with Crippen molar-refractivity contribution in [3.8, 4) is 6.07 Å². The second-order valence-electron chi connectivity index (χ2n) is 4.36. The number of hydrogen-bond donors (Lipinski definition) is 1. The highest BCUT2D eigenvalue weighted by molar-refractivity contribution is 5.56. The molecule has 1 aliphatic rings. The fraction of sp³-hybridized carbons (Fsp3) is 0.500. The Balaban J connectivity index is 2.22. The first-order chi connectivity index (χ1) is 7.72. The van der Waals surface area contributed by atoms with Crippen LogP contribution in [0, 0.1) is 17.2 Å². The quantitative estimate of drug-likeness (QED) is 0.764. The third-order valence-electron chi connectivity index (χ3n) is 3.20. The molecule has 2 N–H and O–H groups in total. The molecule has 2 rings (SSSR count). The highest BCUT2D eigenvalue weighted by atomic mass is 15.2. The Bertz CT molecular complexity index is 410. The van der Waals surface area contributed by atoms with Crippen molar-refractivity contribution in [1.29, 1.82) is 5.26 Å². The van der Waals surface area contributed by atoms with Crippen LogP contribution < -0.4 is 10.6 Å². The SMILES string of the molecule is CC1CN(c2cccnc2C#N)CCC1N. The minimum absolute atomic E-state index is 0.276. The average molecular weight is 216 g/mol. The molecule has 4 heteroatoms. The second-order valence-corrected chi connectivity index (χ2v) is 4.36. The molecule has 0 saturated carbocycles. The molecular formula is C12H16N4. The van der Waals surface area contributed by atoms with Gasteiger partial charge in [-0.1, -0.05) is 6.92 Å². The van der Waals surface area contributed by atoms with Crippen LogP contribution in [0.4, 0.5) is 5.69 Å². The molecule has 1 fully saturated rings. The summed E-state index contributed by atoms with van der Waals surface area (Å²) in [5, 5.41) is 9.00. The van der Waals surface area contributed by atoms with Crippen molar-refractivity contribution in [2.75, 3.05) is 18.0 Å². The number of aromatic nitrogens is 1. The third-order valence-corrected chi connectivity index (χ3v) is 3.20. The summed E-state index contributed by atoms with van der Waals surface area (Å²) in [4.78, 5) is 6.29. The van der Waals surface area contributed by atoms with Crippen molar-refractivity contribution >= 4 is 5.69 Å². The van der Waals surface area contributed by atoms with Crippen molar-refractivity contribution < 1.29 is 0 Å². The summed E-state index contributed by atoms with van der Waals surface area (Å²) in [5.74, 6) is 0.459. The Morgan fingerprint density at radius 1 is 1.62 bits per heavy atom. The van der Waals surface area contributed by atoms with Gasteiger partial charge in [-0.3, -0.25) is 0 Å². The van der Waals surface area contributed by atoms with Gasteiger partial charge < -0.3 is 10.6 Å². The Hall–Kier alpha value is -1.60. The van der Waals surface area contributed by atoms with Crippen LogP contribution in [0.15, 0.2) is 18.3 Å². The zero-order valence-electron chi connectivity index (χ0n) is 9.43. The normalized spacial score (nSPS) is 25.2. The molecule has 0 amide bonds. The van der Waals surface area contributed by atoms with E-state index in [1.165, 1.54) is 0 Å². The molecule has 4 nitrogen and oxygen atoms in total. The number of pyridine rings is 1. The molecular weight excluding hydrogens is 200 g/mol. The fourth-order valence-electron chi connectivity index (χ4n) is 2.12. The van der Waals surface area contributed by atoms with Crippen LogP contribution in [-0.4, -0.2) is 24.1 Å². The number of anilines is 1. The number of piperidine rings is 1. The average Bonchev–Trinajstić information content (AvgIpc) is 2.32. The largest absolute Gasteiger partial charge is 0.369 e. The molecule has 2 atom stereocenters. The molecule has 1 aliphatic heterocycles.